The van der Waals surface area contributed by atoms with E-state index in [1.54, 1.807) is 27.2 Å². The molecule has 8 saturated heterocycles. The van der Waals surface area contributed by atoms with Crippen LogP contribution in [0.1, 0.15) is 118 Å². The second kappa shape index (κ2) is 35.6. The molecule has 452 valence electrons. The van der Waals surface area contributed by atoms with Gasteiger partial charge >= 0.3 is 17.9 Å². The van der Waals surface area contributed by atoms with Crippen LogP contribution in [-0.2, 0) is 28.5 Å². The Kier molecular flexibility index (Phi) is 29.2. The third-order valence-electron chi connectivity index (χ3n) is 16.2. The lowest BCUT2D eigenvalue weighted by atomic mass is 9.86. The lowest BCUT2D eigenvalue weighted by molar-refractivity contribution is -0.159. The third-order valence-corrected chi connectivity index (χ3v) is 16.8. The van der Waals surface area contributed by atoms with E-state index < -0.39 is 5.97 Å². The molecule has 0 aromatic heterocycles. The highest BCUT2D eigenvalue weighted by Gasteiger charge is 2.38. The minimum atomic E-state index is -1.10. The predicted octanol–water partition coefficient (Wildman–Crippen LogP) is 6.46. The van der Waals surface area contributed by atoms with E-state index in [1.165, 1.54) is 58.3 Å². The standard InChI is InChI=1S/C27H41ClN4O5.C19H35N3O3.C8H8ClNO3.C7H4/c1-35-23-15-21(29)20(28)14-19(23)27(34)30-22-9-13-31(17-25(22)36-2)10-5-3-4-6-26(33)37-24-16-32-11-7-18(24)8-12-32;1-24-18-14-21(12-8-16(18)20)9-4-2-3-5-19(23)25-17-13-22-10-6-15(17)7-11-22;1-13-7-3-6(10)5(9)2-4(7)8(11)12;1-3-5-7-6-4-2/h14-15,18,22,24-25H,3-13,16-17,29H2,1-2H3,(H,30,34);15-18H,2-14,20H2,1H3;2-3H,10H2,1H3,(H,11,12);1H,2H3/t22?,24?,25-;16?,17?,18-;;/m00../s1. The van der Waals surface area contributed by atoms with Crippen molar-refractivity contribution in [2.45, 2.75) is 133 Å². The number of carboxylic acids is 1. The average molecular weight is 1180 g/mol. The number of likely N-dealkylation sites (tertiary alicyclic amines) is 2. The van der Waals surface area contributed by atoms with Gasteiger partial charge in [-0.25, -0.2) is 4.79 Å². The number of carbonyl (C=O) groups excluding carboxylic acids is 3. The maximum absolute atomic E-state index is 13.0. The first-order valence-electron chi connectivity index (χ1n) is 28.8. The summed E-state index contributed by atoms with van der Waals surface area (Å²) < 4.78 is 32.9. The summed E-state index contributed by atoms with van der Waals surface area (Å²) in [6.07, 6.45) is 18.6. The molecule has 6 atom stereocenters. The molecule has 0 aliphatic carbocycles. The highest BCUT2D eigenvalue weighted by Crippen LogP contribution is 2.33. The van der Waals surface area contributed by atoms with Crippen molar-refractivity contribution in [2.75, 3.05) is 118 Å². The number of fused-ring (bicyclic) bond motifs is 6. The number of nitrogens with one attached hydrogen (secondary N) is 1. The molecule has 8 aliphatic heterocycles. The number of nitrogens with zero attached hydrogens (tertiary/aromatic N) is 4. The number of anilines is 2. The van der Waals surface area contributed by atoms with E-state index in [9.17, 15) is 19.2 Å². The van der Waals surface area contributed by atoms with E-state index in [0.29, 0.717) is 52.4 Å². The van der Waals surface area contributed by atoms with Crippen LogP contribution in [0.5, 0.6) is 11.5 Å². The van der Waals surface area contributed by atoms with Crippen LogP contribution in [-0.4, -0.2) is 192 Å². The summed E-state index contributed by atoms with van der Waals surface area (Å²) in [5.74, 6) is 12.4. The van der Waals surface area contributed by atoms with Crippen LogP contribution in [0, 0.1) is 47.9 Å². The Morgan fingerprint density at radius 3 is 1.54 bits per heavy atom. The number of methoxy groups -OCH3 is 4. The highest BCUT2D eigenvalue weighted by atomic mass is 35.5. The maximum atomic E-state index is 13.0. The number of nitrogen functional groups attached to an aromatic ring is 2. The summed E-state index contributed by atoms with van der Waals surface area (Å²) in [5, 5.41) is 12.3. The number of ether oxygens (including phenoxy) is 6. The number of carboxylic acid groups (broad SMARTS) is 1. The van der Waals surface area contributed by atoms with E-state index in [0.717, 1.165) is 130 Å². The lowest BCUT2D eigenvalue weighted by Crippen LogP contribution is -2.54. The van der Waals surface area contributed by atoms with Gasteiger partial charge < -0.3 is 65.8 Å². The van der Waals surface area contributed by atoms with Gasteiger partial charge in [-0.05, 0) is 165 Å². The summed E-state index contributed by atoms with van der Waals surface area (Å²) in [6.45, 7) is 13.9. The monoisotopic (exact) mass is 1180 g/mol. The molecule has 0 saturated carbocycles. The van der Waals surface area contributed by atoms with Gasteiger partial charge in [0, 0.05) is 78.0 Å². The van der Waals surface area contributed by atoms with Gasteiger partial charge in [-0.2, -0.15) is 0 Å². The summed E-state index contributed by atoms with van der Waals surface area (Å²) in [4.78, 5) is 57.7. The van der Waals surface area contributed by atoms with Crippen LogP contribution in [0.15, 0.2) is 24.3 Å². The van der Waals surface area contributed by atoms with Crippen LogP contribution >= 0.6 is 23.2 Å². The van der Waals surface area contributed by atoms with Crippen molar-refractivity contribution in [3.8, 4) is 47.5 Å². The van der Waals surface area contributed by atoms with E-state index in [4.69, 9.17) is 80.4 Å². The predicted molar refractivity (Wildman–Crippen MR) is 320 cm³/mol. The van der Waals surface area contributed by atoms with E-state index in [-0.39, 0.29) is 70.7 Å². The molecule has 8 aliphatic rings. The fraction of sp³-hybridized carbons (Fsp3) is 0.639. The Morgan fingerprint density at radius 1 is 0.622 bits per heavy atom. The summed E-state index contributed by atoms with van der Waals surface area (Å²) in [5.41, 5.74) is 18.4. The quantitative estimate of drug-likeness (QED) is 0.0390. The van der Waals surface area contributed by atoms with Crippen LogP contribution < -0.4 is 32.0 Å². The summed E-state index contributed by atoms with van der Waals surface area (Å²) in [7, 11) is 6.29. The number of terminal acetylenes is 1. The molecular formula is C61H88Cl2N8O11. The lowest BCUT2D eigenvalue weighted by Gasteiger charge is -2.43. The van der Waals surface area contributed by atoms with Gasteiger partial charge in [0.05, 0.1) is 59.5 Å². The number of rotatable bonds is 21. The molecule has 82 heavy (non-hydrogen) atoms. The number of unbranched alkanes of at least 4 members (excludes halogenated alkanes) is 4. The molecule has 0 radical (unpaired) electrons. The van der Waals surface area contributed by atoms with Gasteiger partial charge in [-0.3, -0.25) is 24.2 Å². The van der Waals surface area contributed by atoms with Crippen LogP contribution in [0.25, 0.3) is 0 Å². The SMILES string of the molecule is C#CC#CC#CC.CO[C@H]1CN(CCCCCC(=O)OC2CN3CCC2CC3)CCC1N.COc1cc(N)c(Cl)cc1C(=O)NC1CCN(CCCCCC(=O)OC2CN3CCC2CC3)C[C@@H]1OC.COc1cc(N)c(Cl)cc1C(=O)O. The van der Waals surface area contributed by atoms with Gasteiger partial charge in [0.1, 0.15) is 29.3 Å². The van der Waals surface area contributed by atoms with Crippen molar-refractivity contribution in [1.82, 2.24) is 24.9 Å². The van der Waals surface area contributed by atoms with Crippen LogP contribution in [0.4, 0.5) is 11.4 Å². The number of carbonyl (C=O) groups is 4. The molecule has 8 heterocycles. The Labute approximate surface area is 496 Å². The number of aromatic carboxylic acids is 1. The van der Waals surface area contributed by atoms with Gasteiger partial charge in [0.25, 0.3) is 5.91 Å². The highest BCUT2D eigenvalue weighted by molar-refractivity contribution is 6.34. The molecule has 4 bridgehead atoms. The molecule has 4 unspecified atom stereocenters. The van der Waals surface area contributed by atoms with Gasteiger partial charge in [0.2, 0.25) is 0 Å². The number of hydrogen-bond acceptors (Lipinski definition) is 17. The molecule has 2 aromatic carbocycles. The zero-order chi connectivity index (χ0) is 59.6. The topological polar surface area (TPSA) is 247 Å². The van der Waals surface area contributed by atoms with Gasteiger partial charge in [0.15, 0.2) is 0 Å². The Balaban J connectivity index is 0.000000234. The fourth-order valence-corrected chi connectivity index (χ4v) is 11.7. The number of hydrogen-bond donors (Lipinski definition) is 5. The molecule has 1 amide bonds. The molecule has 21 heteroatoms. The maximum Gasteiger partial charge on any atom is 0.339 e. The Hall–Kier alpha value is -5.50. The average Bonchev–Trinajstić information content (AvgIpc) is 3.61. The molecular weight excluding hydrogens is 1090 g/mol. The number of esters is 2. The summed E-state index contributed by atoms with van der Waals surface area (Å²) in [6, 6.07) is 5.79. The fourth-order valence-electron chi connectivity index (χ4n) is 11.3. The Bertz CT molecular complexity index is 2550. The van der Waals surface area contributed by atoms with Gasteiger partial charge in [-0.1, -0.05) is 42.0 Å². The number of piperidine rings is 8. The second-order valence-corrected chi connectivity index (χ2v) is 22.5. The smallest absolute Gasteiger partial charge is 0.339 e. The minimum Gasteiger partial charge on any atom is -0.496 e. The molecule has 8 N–H and O–H groups in total. The molecule has 19 nitrogen and oxygen atoms in total. The Morgan fingerprint density at radius 2 is 1.10 bits per heavy atom. The first kappa shape index (κ1) is 67.3. The van der Waals surface area contributed by atoms with Gasteiger partial charge in [-0.15, -0.1) is 6.42 Å². The molecule has 10 rings (SSSR count). The van der Waals surface area contributed by atoms with Crippen LogP contribution in [0.3, 0.4) is 0 Å². The first-order chi connectivity index (χ1) is 39.5. The van der Waals surface area contributed by atoms with Crippen molar-refractivity contribution in [1.29, 1.82) is 0 Å². The van der Waals surface area contributed by atoms with E-state index >= 15 is 0 Å². The summed E-state index contributed by atoms with van der Waals surface area (Å²) >= 11 is 11.8. The first-order valence-corrected chi connectivity index (χ1v) is 29.5. The van der Waals surface area contributed by atoms with Crippen molar-refractivity contribution in [3.05, 3.63) is 45.4 Å². The molecule has 2 aromatic rings. The second-order valence-electron chi connectivity index (χ2n) is 21.6. The van der Waals surface area contributed by atoms with E-state index in [1.807, 2.05) is 0 Å². The van der Waals surface area contributed by atoms with E-state index in [2.05, 4.69) is 54.5 Å². The van der Waals surface area contributed by atoms with Crippen molar-refractivity contribution in [3.63, 3.8) is 0 Å². The third kappa shape index (κ3) is 21.6. The zero-order valence-electron chi connectivity index (χ0n) is 48.7. The number of amides is 1. The van der Waals surface area contributed by atoms with Crippen molar-refractivity contribution < 1.29 is 52.7 Å². The van der Waals surface area contributed by atoms with Crippen LogP contribution in [0.2, 0.25) is 10.0 Å². The molecule has 0 spiro atoms. The minimum absolute atomic E-state index is 0.00157. The number of halogens is 2. The largest absolute Gasteiger partial charge is 0.496 e. The van der Waals surface area contributed by atoms with Crippen molar-refractivity contribution in [2.24, 2.45) is 17.6 Å². The van der Waals surface area contributed by atoms with Crippen molar-refractivity contribution >= 4 is 58.4 Å². The molecule has 8 fully saturated rings. The number of benzene rings is 2. The zero-order valence-corrected chi connectivity index (χ0v) is 50.2. The normalized spacial score (nSPS) is 25.2. The number of nitrogens with two attached hydrogens (primary N) is 3.